The van der Waals surface area contributed by atoms with Crippen molar-refractivity contribution in [3.05, 3.63) is 52.8 Å². The molecule has 6 heteroatoms. The summed E-state index contributed by atoms with van der Waals surface area (Å²) in [5.74, 6) is -0.0348. The fourth-order valence-electron chi connectivity index (χ4n) is 2.54. The standard InChI is InChI=1S/C18H26N4O.ClH/c1-5-19-14(3)11-20-18(23)17-8-6-16(7-9-17)12-22-15(4)10-13(2)21-22;/h6-10,14,19H,5,11-12H2,1-4H3,(H,20,23);1H/t14-;/m1./s1. The number of benzene rings is 1. The number of hydrogen-bond acceptors (Lipinski definition) is 3. The Morgan fingerprint density at radius 2 is 1.92 bits per heavy atom. The van der Waals surface area contributed by atoms with E-state index in [4.69, 9.17) is 0 Å². The van der Waals surface area contributed by atoms with Gasteiger partial charge in [-0.3, -0.25) is 9.48 Å². The summed E-state index contributed by atoms with van der Waals surface area (Å²) in [4.78, 5) is 12.1. The van der Waals surface area contributed by atoms with Gasteiger partial charge in [-0.25, -0.2) is 0 Å². The van der Waals surface area contributed by atoms with Gasteiger partial charge < -0.3 is 10.6 Å². The van der Waals surface area contributed by atoms with E-state index in [0.29, 0.717) is 12.1 Å². The van der Waals surface area contributed by atoms with Gasteiger partial charge in [-0.15, -0.1) is 12.4 Å². The van der Waals surface area contributed by atoms with Crippen molar-refractivity contribution in [2.24, 2.45) is 0 Å². The molecule has 0 bridgehead atoms. The van der Waals surface area contributed by atoms with E-state index in [2.05, 4.69) is 35.6 Å². The molecule has 0 fully saturated rings. The summed E-state index contributed by atoms with van der Waals surface area (Å²) >= 11 is 0. The second kappa shape index (κ2) is 9.45. The Balaban J connectivity index is 0.00000288. The van der Waals surface area contributed by atoms with Crippen LogP contribution in [0.1, 0.15) is 41.2 Å². The molecular weight excluding hydrogens is 324 g/mol. The highest BCUT2D eigenvalue weighted by Gasteiger charge is 2.08. The smallest absolute Gasteiger partial charge is 0.251 e. The molecule has 2 aromatic rings. The first kappa shape index (κ1) is 20.2. The van der Waals surface area contributed by atoms with Crippen LogP contribution in [0.15, 0.2) is 30.3 Å². The van der Waals surface area contributed by atoms with E-state index in [1.165, 1.54) is 0 Å². The first-order valence-electron chi connectivity index (χ1n) is 8.11. The summed E-state index contributed by atoms with van der Waals surface area (Å²) in [6, 6.07) is 10.0. The molecule has 1 atom stereocenters. The second-order valence-corrected chi connectivity index (χ2v) is 5.95. The Kier molecular flexibility index (Phi) is 7.95. The van der Waals surface area contributed by atoms with Crippen molar-refractivity contribution in [3.8, 4) is 0 Å². The average molecular weight is 351 g/mol. The maximum Gasteiger partial charge on any atom is 0.251 e. The number of halogens is 1. The molecule has 0 saturated heterocycles. The van der Waals surface area contributed by atoms with E-state index in [1.807, 2.05) is 42.8 Å². The van der Waals surface area contributed by atoms with Crippen LogP contribution in [-0.2, 0) is 6.54 Å². The van der Waals surface area contributed by atoms with E-state index in [9.17, 15) is 4.79 Å². The van der Waals surface area contributed by atoms with Crippen molar-refractivity contribution in [3.63, 3.8) is 0 Å². The third-order valence-corrected chi connectivity index (χ3v) is 3.77. The lowest BCUT2D eigenvalue weighted by atomic mass is 10.1. The van der Waals surface area contributed by atoms with Crippen LogP contribution < -0.4 is 10.6 Å². The lowest BCUT2D eigenvalue weighted by molar-refractivity contribution is 0.0950. The number of aryl methyl sites for hydroxylation is 2. The van der Waals surface area contributed by atoms with Crippen molar-refractivity contribution >= 4 is 18.3 Å². The molecule has 0 aliphatic heterocycles. The van der Waals surface area contributed by atoms with Crippen molar-refractivity contribution in [2.75, 3.05) is 13.1 Å². The number of aromatic nitrogens is 2. The fourth-order valence-corrected chi connectivity index (χ4v) is 2.54. The Hall–Kier alpha value is -1.85. The zero-order valence-electron chi connectivity index (χ0n) is 14.8. The Morgan fingerprint density at radius 1 is 1.25 bits per heavy atom. The van der Waals surface area contributed by atoms with Crippen LogP contribution in [-0.4, -0.2) is 34.8 Å². The largest absolute Gasteiger partial charge is 0.350 e. The van der Waals surface area contributed by atoms with Gasteiger partial charge in [0.1, 0.15) is 0 Å². The second-order valence-electron chi connectivity index (χ2n) is 5.95. The van der Waals surface area contributed by atoms with E-state index in [-0.39, 0.29) is 24.4 Å². The van der Waals surface area contributed by atoms with E-state index < -0.39 is 0 Å². The highest BCUT2D eigenvalue weighted by Crippen LogP contribution is 2.09. The van der Waals surface area contributed by atoms with Crippen LogP contribution >= 0.6 is 12.4 Å². The van der Waals surface area contributed by atoms with Crippen molar-refractivity contribution < 1.29 is 4.79 Å². The van der Waals surface area contributed by atoms with Gasteiger partial charge in [-0.05, 0) is 51.1 Å². The topological polar surface area (TPSA) is 58.9 Å². The molecule has 1 heterocycles. The average Bonchev–Trinajstić information content (AvgIpc) is 2.83. The monoisotopic (exact) mass is 350 g/mol. The number of nitrogens with zero attached hydrogens (tertiary/aromatic N) is 2. The first-order valence-corrected chi connectivity index (χ1v) is 8.11. The van der Waals surface area contributed by atoms with Gasteiger partial charge in [-0.1, -0.05) is 19.1 Å². The van der Waals surface area contributed by atoms with Crippen molar-refractivity contribution in [1.82, 2.24) is 20.4 Å². The van der Waals surface area contributed by atoms with Gasteiger partial charge >= 0.3 is 0 Å². The summed E-state index contributed by atoms with van der Waals surface area (Å²) in [5.41, 5.74) is 3.98. The molecule has 0 spiro atoms. The van der Waals surface area contributed by atoms with Gasteiger partial charge in [0.05, 0.1) is 12.2 Å². The molecule has 1 aromatic carbocycles. The number of carbonyl (C=O) groups is 1. The maximum absolute atomic E-state index is 12.1. The molecule has 0 radical (unpaired) electrons. The van der Waals surface area contributed by atoms with E-state index in [1.54, 1.807) is 0 Å². The van der Waals surface area contributed by atoms with Crippen LogP contribution in [0.25, 0.3) is 0 Å². The van der Waals surface area contributed by atoms with E-state index in [0.717, 1.165) is 30.0 Å². The molecule has 0 aliphatic carbocycles. The number of hydrogen-bond donors (Lipinski definition) is 2. The molecule has 0 unspecified atom stereocenters. The molecule has 0 saturated carbocycles. The molecule has 132 valence electrons. The number of nitrogens with one attached hydrogen (secondary N) is 2. The predicted molar refractivity (Wildman–Crippen MR) is 100.0 cm³/mol. The van der Waals surface area contributed by atoms with Gasteiger partial charge in [0, 0.05) is 23.8 Å². The molecular formula is C18H27ClN4O. The normalized spacial score (nSPS) is 11.7. The number of rotatable bonds is 7. The molecule has 2 N–H and O–H groups in total. The van der Waals surface area contributed by atoms with Gasteiger partial charge in [0.25, 0.3) is 5.91 Å². The van der Waals surface area contributed by atoms with Gasteiger partial charge in [0.15, 0.2) is 0 Å². The quantitative estimate of drug-likeness (QED) is 0.807. The van der Waals surface area contributed by atoms with Crippen LogP contribution in [0.2, 0.25) is 0 Å². The lowest BCUT2D eigenvalue weighted by Crippen LogP contribution is -2.38. The minimum atomic E-state index is -0.0348. The summed E-state index contributed by atoms with van der Waals surface area (Å²) in [6.07, 6.45) is 0. The third kappa shape index (κ3) is 5.65. The number of amides is 1. The summed E-state index contributed by atoms with van der Waals surface area (Å²) in [6.45, 7) is 10.4. The summed E-state index contributed by atoms with van der Waals surface area (Å²) in [7, 11) is 0. The van der Waals surface area contributed by atoms with Crippen LogP contribution in [0.5, 0.6) is 0 Å². The molecule has 1 aromatic heterocycles. The molecule has 2 rings (SSSR count). The highest BCUT2D eigenvalue weighted by atomic mass is 35.5. The highest BCUT2D eigenvalue weighted by molar-refractivity contribution is 5.94. The van der Waals surface area contributed by atoms with Gasteiger partial charge in [-0.2, -0.15) is 5.10 Å². The van der Waals surface area contributed by atoms with Crippen LogP contribution in [0.3, 0.4) is 0 Å². The third-order valence-electron chi connectivity index (χ3n) is 3.77. The fraction of sp³-hybridized carbons (Fsp3) is 0.444. The molecule has 5 nitrogen and oxygen atoms in total. The van der Waals surface area contributed by atoms with Crippen molar-refractivity contribution in [1.29, 1.82) is 0 Å². The zero-order valence-corrected chi connectivity index (χ0v) is 15.6. The SMILES string of the molecule is CCN[C@H](C)CNC(=O)c1ccc(Cn2nc(C)cc2C)cc1.Cl. The molecule has 24 heavy (non-hydrogen) atoms. The first-order chi connectivity index (χ1) is 11.0. The molecule has 0 aliphatic rings. The Morgan fingerprint density at radius 3 is 2.46 bits per heavy atom. The Labute approximate surface area is 150 Å². The van der Waals surface area contributed by atoms with E-state index >= 15 is 0 Å². The molecule has 1 amide bonds. The minimum absolute atomic E-state index is 0. The predicted octanol–water partition coefficient (Wildman–Crippen LogP) is 2.70. The number of carbonyl (C=O) groups excluding carboxylic acids is 1. The number of likely N-dealkylation sites (N-methyl/N-ethyl adjacent to an activating group) is 1. The minimum Gasteiger partial charge on any atom is -0.350 e. The maximum atomic E-state index is 12.1. The van der Waals surface area contributed by atoms with Crippen molar-refractivity contribution in [2.45, 2.75) is 40.3 Å². The van der Waals surface area contributed by atoms with Crippen LogP contribution in [0, 0.1) is 13.8 Å². The summed E-state index contributed by atoms with van der Waals surface area (Å²) in [5, 5.41) is 10.7. The summed E-state index contributed by atoms with van der Waals surface area (Å²) < 4.78 is 1.97. The Bertz CT molecular complexity index is 652. The van der Waals surface area contributed by atoms with Crippen LogP contribution in [0.4, 0.5) is 0 Å². The lowest BCUT2D eigenvalue weighted by Gasteiger charge is -2.13. The zero-order chi connectivity index (χ0) is 16.8. The van der Waals surface area contributed by atoms with Gasteiger partial charge in [0.2, 0.25) is 0 Å².